The maximum atomic E-state index is 11.9. The van der Waals surface area contributed by atoms with Crippen molar-refractivity contribution in [1.82, 2.24) is 5.32 Å². The molecule has 1 N–H and O–H groups in total. The molecular formula is C15H20NO2. The zero-order valence-electron chi connectivity index (χ0n) is 11.2. The fourth-order valence-corrected chi connectivity index (χ4v) is 2.10. The minimum Gasteiger partial charge on any atom is -0.444 e. The molecule has 0 saturated heterocycles. The smallest absolute Gasteiger partial charge is 0.408 e. The number of alkyl carbamates (subject to hydrolysis) is 1. The predicted molar refractivity (Wildman–Crippen MR) is 71.0 cm³/mol. The van der Waals surface area contributed by atoms with Crippen LogP contribution in [0, 0.1) is 6.42 Å². The van der Waals surface area contributed by atoms with Crippen LogP contribution in [0.15, 0.2) is 30.3 Å². The quantitative estimate of drug-likeness (QED) is 0.868. The fourth-order valence-electron chi connectivity index (χ4n) is 2.10. The van der Waals surface area contributed by atoms with Gasteiger partial charge < -0.3 is 10.1 Å². The molecule has 1 aliphatic carbocycles. The van der Waals surface area contributed by atoms with Gasteiger partial charge in [-0.25, -0.2) is 4.79 Å². The number of amides is 1. The van der Waals surface area contributed by atoms with E-state index in [-0.39, 0.29) is 11.6 Å². The summed E-state index contributed by atoms with van der Waals surface area (Å²) in [6.45, 7) is 5.61. The Morgan fingerprint density at radius 2 is 1.83 bits per heavy atom. The Morgan fingerprint density at radius 1 is 1.22 bits per heavy atom. The first-order valence-electron chi connectivity index (χ1n) is 6.30. The highest BCUT2D eigenvalue weighted by atomic mass is 16.6. The molecule has 0 spiro atoms. The van der Waals surface area contributed by atoms with E-state index in [9.17, 15) is 4.79 Å². The lowest BCUT2D eigenvalue weighted by molar-refractivity contribution is 0.0417. The van der Waals surface area contributed by atoms with Gasteiger partial charge in [-0.1, -0.05) is 30.3 Å². The number of ether oxygens (including phenoxy) is 1. The number of carbonyl (C=O) groups is 1. The summed E-state index contributed by atoms with van der Waals surface area (Å²) in [6.07, 6.45) is 3.54. The standard InChI is InChI=1S/C15H20NO2/c1-14(2,3)18-13(17)16-15(10-7-11-15)12-8-5-4-6-9-12/h4-9H,10-11H2,1-3H3,(H,16,17). The summed E-state index contributed by atoms with van der Waals surface area (Å²) in [5.74, 6) is 0. The third-order valence-corrected chi connectivity index (χ3v) is 3.05. The van der Waals surface area contributed by atoms with Gasteiger partial charge in [0.05, 0.1) is 5.54 Å². The lowest BCUT2D eigenvalue weighted by atomic mass is 9.72. The molecule has 97 valence electrons. The average molecular weight is 246 g/mol. The lowest BCUT2D eigenvalue weighted by Gasteiger charge is -2.42. The van der Waals surface area contributed by atoms with Gasteiger partial charge in [-0.2, -0.15) is 0 Å². The van der Waals surface area contributed by atoms with Gasteiger partial charge in [0.25, 0.3) is 0 Å². The predicted octanol–water partition coefficient (Wildman–Crippen LogP) is 3.40. The van der Waals surface area contributed by atoms with E-state index < -0.39 is 5.60 Å². The molecule has 0 bridgehead atoms. The molecule has 0 heterocycles. The van der Waals surface area contributed by atoms with Crippen LogP contribution in [0.5, 0.6) is 0 Å². The van der Waals surface area contributed by atoms with E-state index in [1.807, 2.05) is 51.1 Å². The van der Waals surface area contributed by atoms with Gasteiger partial charge >= 0.3 is 6.09 Å². The van der Waals surface area contributed by atoms with Crippen molar-refractivity contribution in [2.45, 2.75) is 44.8 Å². The Hall–Kier alpha value is -1.51. The highest BCUT2D eigenvalue weighted by Gasteiger charge is 2.41. The van der Waals surface area contributed by atoms with Gasteiger partial charge in [0, 0.05) is 0 Å². The molecule has 1 radical (unpaired) electrons. The minimum absolute atomic E-state index is 0.274. The molecule has 3 nitrogen and oxygen atoms in total. The first-order chi connectivity index (χ1) is 8.41. The highest BCUT2D eigenvalue weighted by molar-refractivity contribution is 5.69. The summed E-state index contributed by atoms with van der Waals surface area (Å²) < 4.78 is 5.33. The molecule has 18 heavy (non-hydrogen) atoms. The van der Waals surface area contributed by atoms with Crippen LogP contribution in [-0.2, 0) is 10.3 Å². The van der Waals surface area contributed by atoms with E-state index in [0.29, 0.717) is 0 Å². The van der Waals surface area contributed by atoms with E-state index in [0.717, 1.165) is 18.4 Å². The summed E-state index contributed by atoms with van der Waals surface area (Å²) in [5.41, 5.74) is 0.400. The van der Waals surface area contributed by atoms with Gasteiger partial charge in [0.2, 0.25) is 0 Å². The van der Waals surface area contributed by atoms with Crippen LogP contribution in [0.2, 0.25) is 0 Å². The third kappa shape index (κ3) is 2.84. The molecule has 1 aliphatic rings. The zero-order valence-corrected chi connectivity index (χ0v) is 11.2. The Bertz CT molecular complexity index is 416. The molecule has 1 fully saturated rings. The van der Waals surface area contributed by atoms with Crippen LogP contribution in [0.3, 0.4) is 0 Å². The Morgan fingerprint density at radius 3 is 2.28 bits per heavy atom. The second-order valence-electron chi connectivity index (χ2n) is 5.77. The molecule has 1 amide bonds. The molecule has 0 unspecified atom stereocenters. The molecule has 0 atom stereocenters. The van der Waals surface area contributed by atoms with Crippen LogP contribution < -0.4 is 5.32 Å². The van der Waals surface area contributed by atoms with Gasteiger partial charge in [-0.3, -0.25) is 0 Å². The largest absolute Gasteiger partial charge is 0.444 e. The highest BCUT2D eigenvalue weighted by Crippen LogP contribution is 2.40. The van der Waals surface area contributed by atoms with E-state index in [2.05, 4.69) is 11.7 Å². The first kappa shape index (κ1) is 12.9. The average Bonchev–Trinajstić information content (AvgIpc) is 2.22. The molecular weight excluding hydrogens is 226 g/mol. The third-order valence-electron chi connectivity index (χ3n) is 3.05. The normalized spacial score (nSPS) is 17.7. The van der Waals surface area contributed by atoms with Crippen molar-refractivity contribution >= 4 is 6.09 Å². The number of hydrogen-bond acceptors (Lipinski definition) is 2. The maximum Gasteiger partial charge on any atom is 0.408 e. The fraction of sp³-hybridized carbons (Fsp3) is 0.467. The van der Waals surface area contributed by atoms with E-state index >= 15 is 0 Å². The van der Waals surface area contributed by atoms with Crippen LogP contribution in [0.25, 0.3) is 0 Å². The number of carbonyl (C=O) groups excluding carboxylic acids is 1. The Balaban J connectivity index is 2.08. The van der Waals surface area contributed by atoms with E-state index in [1.54, 1.807) is 0 Å². The van der Waals surface area contributed by atoms with Gasteiger partial charge in [-0.05, 0) is 45.6 Å². The van der Waals surface area contributed by atoms with Crippen molar-refractivity contribution in [2.24, 2.45) is 0 Å². The molecule has 0 aliphatic heterocycles. The number of rotatable bonds is 2. The molecule has 3 heteroatoms. The summed E-state index contributed by atoms with van der Waals surface area (Å²) in [5, 5.41) is 3.01. The minimum atomic E-state index is -0.463. The van der Waals surface area contributed by atoms with Crippen LogP contribution >= 0.6 is 0 Å². The number of benzene rings is 1. The van der Waals surface area contributed by atoms with Gasteiger partial charge in [-0.15, -0.1) is 0 Å². The molecule has 1 aromatic rings. The summed E-state index contributed by atoms with van der Waals surface area (Å²) >= 11 is 0. The summed E-state index contributed by atoms with van der Waals surface area (Å²) in [4.78, 5) is 11.9. The van der Waals surface area contributed by atoms with Gasteiger partial charge in [0.1, 0.15) is 5.60 Å². The molecule has 1 saturated carbocycles. The van der Waals surface area contributed by atoms with Crippen molar-refractivity contribution in [2.75, 3.05) is 0 Å². The summed E-state index contributed by atoms with van der Waals surface area (Å²) in [6, 6.07) is 10.1. The van der Waals surface area contributed by atoms with Crippen LogP contribution in [0.4, 0.5) is 4.79 Å². The topological polar surface area (TPSA) is 38.3 Å². The first-order valence-corrected chi connectivity index (χ1v) is 6.30. The van der Waals surface area contributed by atoms with Crippen LogP contribution in [0.1, 0.15) is 39.2 Å². The van der Waals surface area contributed by atoms with E-state index in [4.69, 9.17) is 4.74 Å². The monoisotopic (exact) mass is 246 g/mol. The maximum absolute atomic E-state index is 11.9. The van der Waals surface area contributed by atoms with Crippen LogP contribution in [-0.4, -0.2) is 11.7 Å². The van der Waals surface area contributed by atoms with E-state index in [1.165, 1.54) is 0 Å². The number of hydrogen-bond donors (Lipinski definition) is 1. The Kier molecular flexibility index (Phi) is 3.33. The second kappa shape index (κ2) is 4.63. The second-order valence-corrected chi connectivity index (χ2v) is 5.77. The molecule has 1 aromatic carbocycles. The molecule has 2 rings (SSSR count). The Labute approximate surface area is 109 Å². The van der Waals surface area contributed by atoms with Gasteiger partial charge in [0.15, 0.2) is 0 Å². The van der Waals surface area contributed by atoms with Crippen molar-refractivity contribution in [3.8, 4) is 0 Å². The zero-order chi connectivity index (χ0) is 13.2. The number of nitrogens with one attached hydrogen (secondary N) is 1. The van der Waals surface area contributed by atoms with Crippen molar-refractivity contribution < 1.29 is 9.53 Å². The lowest BCUT2D eigenvalue weighted by Crippen LogP contribution is -2.52. The summed E-state index contributed by atoms with van der Waals surface area (Å²) in [7, 11) is 0. The molecule has 0 aromatic heterocycles. The van der Waals surface area contributed by atoms with Crippen molar-refractivity contribution in [3.63, 3.8) is 0 Å². The van der Waals surface area contributed by atoms with Crippen molar-refractivity contribution in [3.05, 3.63) is 42.3 Å². The van der Waals surface area contributed by atoms with Crippen molar-refractivity contribution in [1.29, 1.82) is 0 Å². The SMILES string of the molecule is CC(C)(C)OC(=O)NC1(c2ccccc2)C[CH]C1.